The lowest BCUT2D eigenvalue weighted by molar-refractivity contribution is 0.0667. The van der Waals surface area contributed by atoms with E-state index in [0.29, 0.717) is 38.3 Å². The van der Waals surface area contributed by atoms with E-state index >= 15 is 0 Å². The Balaban J connectivity index is 1.41. The first kappa shape index (κ1) is 19.7. The molecule has 9 heteroatoms. The van der Waals surface area contributed by atoms with Gasteiger partial charge in [0.25, 0.3) is 11.8 Å². The Hall–Kier alpha value is -3.26. The van der Waals surface area contributed by atoms with Crippen molar-refractivity contribution in [2.24, 2.45) is 0 Å². The molecule has 0 saturated heterocycles. The first-order valence-electron chi connectivity index (χ1n) is 10.0. The van der Waals surface area contributed by atoms with E-state index in [1.165, 1.54) is 12.1 Å². The first-order chi connectivity index (χ1) is 15.0. The molecular formula is C22H19ClFN5O2. The summed E-state index contributed by atoms with van der Waals surface area (Å²) in [6.45, 7) is 2.17. The van der Waals surface area contributed by atoms with E-state index in [2.05, 4.69) is 10.1 Å². The second-order valence-corrected chi connectivity index (χ2v) is 8.08. The van der Waals surface area contributed by atoms with Crippen molar-refractivity contribution in [2.75, 3.05) is 13.1 Å². The van der Waals surface area contributed by atoms with Crippen molar-refractivity contribution in [1.82, 2.24) is 24.6 Å². The maximum absolute atomic E-state index is 14.3. The van der Waals surface area contributed by atoms with Crippen molar-refractivity contribution in [3.05, 3.63) is 81.6 Å². The Morgan fingerprint density at radius 2 is 2.03 bits per heavy atom. The molecule has 1 aromatic carbocycles. The van der Waals surface area contributed by atoms with E-state index in [1.807, 2.05) is 18.2 Å². The highest BCUT2D eigenvalue weighted by molar-refractivity contribution is 6.30. The fourth-order valence-corrected chi connectivity index (χ4v) is 4.30. The van der Waals surface area contributed by atoms with Crippen LogP contribution in [0.2, 0.25) is 5.02 Å². The van der Waals surface area contributed by atoms with Gasteiger partial charge in [0.15, 0.2) is 0 Å². The molecule has 2 aromatic heterocycles. The number of fused-ring (bicyclic) bond motifs is 3. The fraction of sp³-hybridized carbons (Fsp3) is 0.273. The Labute approximate surface area is 183 Å². The number of aromatic nitrogens is 3. The minimum Gasteiger partial charge on any atom is -0.334 e. The number of hydrogen-bond acceptors (Lipinski definition) is 4. The summed E-state index contributed by atoms with van der Waals surface area (Å²) in [7, 11) is 0. The van der Waals surface area contributed by atoms with E-state index < -0.39 is 11.7 Å². The average Bonchev–Trinajstić information content (AvgIpc) is 3.14. The van der Waals surface area contributed by atoms with Gasteiger partial charge < -0.3 is 9.80 Å². The van der Waals surface area contributed by atoms with Gasteiger partial charge in [-0.3, -0.25) is 19.3 Å². The van der Waals surface area contributed by atoms with Gasteiger partial charge in [0.1, 0.15) is 11.5 Å². The fourth-order valence-electron chi connectivity index (χ4n) is 4.14. The van der Waals surface area contributed by atoms with Crippen molar-refractivity contribution >= 4 is 23.4 Å². The van der Waals surface area contributed by atoms with E-state index in [9.17, 15) is 14.0 Å². The van der Waals surface area contributed by atoms with Crippen LogP contribution in [0.3, 0.4) is 0 Å². The van der Waals surface area contributed by atoms with Crippen molar-refractivity contribution in [2.45, 2.75) is 26.1 Å². The summed E-state index contributed by atoms with van der Waals surface area (Å²) in [5.74, 6) is -1.20. The molecule has 31 heavy (non-hydrogen) atoms. The molecule has 3 aromatic rings. The summed E-state index contributed by atoms with van der Waals surface area (Å²) in [4.78, 5) is 33.8. The van der Waals surface area contributed by atoms with Gasteiger partial charge in [-0.2, -0.15) is 5.10 Å². The number of carbonyl (C=O) groups excluding carboxylic acids is 2. The third-order valence-electron chi connectivity index (χ3n) is 5.70. The number of carbonyl (C=O) groups is 2. The van der Waals surface area contributed by atoms with Gasteiger partial charge in [0, 0.05) is 36.3 Å². The molecule has 158 valence electrons. The van der Waals surface area contributed by atoms with Gasteiger partial charge in [-0.1, -0.05) is 17.7 Å². The summed E-state index contributed by atoms with van der Waals surface area (Å²) in [5.41, 5.74) is 2.85. The highest BCUT2D eigenvalue weighted by Gasteiger charge is 2.35. The van der Waals surface area contributed by atoms with Crippen LogP contribution in [-0.4, -0.2) is 49.5 Å². The van der Waals surface area contributed by atoms with E-state index in [0.717, 1.165) is 23.0 Å². The molecule has 0 spiro atoms. The van der Waals surface area contributed by atoms with Gasteiger partial charge in [0.2, 0.25) is 0 Å². The van der Waals surface area contributed by atoms with Crippen molar-refractivity contribution < 1.29 is 14.0 Å². The molecule has 0 fully saturated rings. The number of pyridine rings is 1. The number of rotatable bonds is 3. The summed E-state index contributed by atoms with van der Waals surface area (Å²) < 4.78 is 16.0. The van der Waals surface area contributed by atoms with Crippen LogP contribution in [0.5, 0.6) is 0 Å². The standard InChI is InChI=1S/C22H19ClFN5O2/c23-14-4-5-16(18(24)11-14)21(30)27-8-6-19-17(13-27)20-22(31)28(9-10-29(20)26-19)12-15-3-1-2-7-25-15/h1-5,7,11H,6,8-10,12-13H2. The maximum atomic E-state index is 14.3. The molecule has 0 radical (unpaired) electrons. The topological polar surface area (TPSA) is 71.3 Å². The lowest BCUT2D eigenvalue weighted by Crippen LogP contribution is -2.41. The third-order valence-corrected chi connectivity index (χ3v) is 5.94. The largest absolute Gasteiger partial charge is 0.334 e. The summed E-state index contributed by atoms with van der Waals surface area (Å²) in [6, 6.07) is 9.63. The smallest absolute Gasteiger partial charge is 0.272 e. The number of amides is 2. The zero-order valence-corrected chi connectivity index (χ0v) is 17.3. The maximum Gasteiger partial charge on any atom is 0.272 e. The monoisotopic (exact) mass is 439 g/mol. The highest BCUT2D eigenvalue weighted by Crippen LogP contribution is 2.28. The molecule has 4 heterocycles. The predicted molar refractivity (Wildman–Crippen MR) is 111 cm³/mol. The second kappa shape index (κ2) is 7.77. The van der Waals surface area contributed by atoms with Crippen LogP contribution in [0.4, 0.5) is 4.39 Å². The van der Waals surface area contributed by atoms with Crippen molar-refractivity contribution in [3.8, 4) is 0 Å². The Morgan fingerprint density at radius 1 is 1.16 bits per heavy atom. The molecule has 0 bridgehead atoms. The van der Waals surface area contributed by atoms with E-state index in [1.54, 1.807) is 20.7 Å². The Kier molecular flexibility index (Phi) is 4.94. The van der Waals surface area contributed by atoms with Gasteiger partial charge in [0.05, 0.1) is 36.6 Å². The molecule has 0 atom stereocenters. The molecule has 0 N–H and O–H groups in total. The molecule has 2 aliphatic rings. The lowest BCUT2D eigenvalue weighted by Gasteiger charge is -2.30. The second-order valence-electron chi connectivity index (χ2n) is 7.65. The normalized spacial score (nSPS) is 15.6. The van der Waals surface area contributed by atoms with E-state index in [4.69, 9.17) is 11.6 Å². The summed E-state index contributed by atoms with van der Waals surface area (Å²) in [6.07, 6.45) is 2.22. The molecule has 2 amide bonds. The minimum absolute atomic E-state index is 0.0306. The predicted octanol–water partition coefficient (Wildman–Crippen LogP) is 2.93. The average molecular weight is 440 g/mol. The lowest BCUT2D eigenvalue weighted by atomic mass is 10.0. The Bertz CT molecular complexity index is 1180. The number of nitrogens with zero attached hydrogens (tertiary/aromatic N) is 5. The Morgan fingerprint density at radius 3 is 2.81 bits per heavy atom. The number of benzene rings is 1. The molecule has 7 nitrogen and oxygen atoms in total. The summed E-state index contributed by atoms with van der Waals surface area (Å²) >= 11 is 5.80. The van der Waals surface area contributed by atoms with Crippen LogP contribution in [0.25, 0.3) is 0 Å². The number of hydrogen-bond donors (Lipinski definition) is 0. The SMILES string of the molecule is O=C(c1ccc(Cl)cc1F)N1CCc2nn3c(c2C1)C(=O)N(Cc1ccccn1)CC3. The molecule has 5 rings (SSSR count). The van der Waals surface area contributed by atoms with Gasteiger partial charge in [-0.05, 0) is 30.3 Å². The minimum atomic E-state index is -0.655. The van der Waals surface area contributed by atoms with Crippen LogP contribution in [-0.2, 0) is 26.1 Å². The van der Waals surface area contributed by atoms with Gasteiger partial charge in [-0.15, -0.1) is 0 Å². The molecule has 0 aliphatic carbocycles. The third kappa shape index (κ3) is 3.57. The molecule has 0 saturated carbocycles. The van der Waals surface area contributed by atoms with Crippen LogP contribution in [0.1, 0.15) is 37.8 Å². The van der Waals surface area contributed by atoms with Crippen molar-refractivity contribution in [3.63, 3.8) is 0 Å². The van der Waals surface area contributed by atoms with Crippen LogP contribution in [0, 0.1) is 5.82 Å². The first-order valence-corrected chi connectivity index (χ1v) is 10.4. The molecular weight excluding hydrogens is 421 g/mol. The highest BCUT2D eigenvalue weighted by atomic mass is 35.5. The quantitative estimate of drug-likeness (QED) is 0.629. The van der Waals surface area contributed by atoms with Crippen LogP contribution >= 0.6 is 11.6 Å². The van der Waals surface area contributed by atoms with Crippen molar-refractivity contribution in [1.29, 1.82) is 0 Å². The zero-order valence-electron chi connectivity index (χ0n) is 16.6. The number of halogens is 2. The van der Waals surface area contributed by atoms with Crippen LogP contribution in [0.15, 0.2) is 42.6 Å². The van der Waals surface area contributed by atoms with Gasteiger partial charge in [-0.25, -0.2) is 4.39 Å². The zero-order chi connectivity index (χ0) is 21.5. The van der Waals surface area contributed by atoms with Gasteiger partial charge >= 0.3 is 0 Å². The van der Waals surface area contributed by atoms with E-state index in [-0.39, 0.29) is 23.0 Å². The molecule has 0 unspecified atom stereocenters. The molecule has 2 aliphatic heterocycles. The van der Waals surface area contributed by atoms with Crippen LogP contribution < -0.4 is 0 Å². The summed E-state index contributed by atoms with van der Waals surface area (Å²) in [5, 5.41) is 4.84.